The summed E-state index contributed by atoms with van der Waals surface area (Å²) in [5.74, 6) is -0.457. The average Bonchev–Trinajstić information content (AvgIpc) is 3.55. The molecule has 4 aromatic rings. The van der Waals surface area contributed by atoms with Gasteiger partial charge in [0, 0.05) is 0 Å². The zero-order valence-corrected chi connectivity index (χ0v) is 22.3. The van der Waals surface area contributed by atoms with E-state index in [2.05, 4.69) is 5.10 Å². The minimum atomic E-state index is -0.770. The lowest BCUT2D eigenvalue weighted by molar-refractivity contribution is -0.0928. The third-order valence-corrected chi connectivity index (χ3v) is 6.73. The van der Waals surface area contributed by atoms with Gasteiger partial charge in [-0.1, -0.05) is 91.0 Å². The van der Waals surface area contributed by atoms with Gasteiger partial charge in [-0.3, -0.25) is 0 Å². The molecule has 40 heavy (non-hydrogen) atoms. The Morgan fingerprint density at radius 3 is 1.90 bits per heavy atom. The lowest BCUT2D eigenvalue weighted by atomic mass is 10.1. The normalized spacial score (nSPS) is 20.4. The molecule has 9 heteroatoms. The van der Waals surface area contributed by atoms with Crippen molar-refractivity contribution in [2.45, 2.75) is 44.4 Å². The minimum absolute atomic E-state index is 0.123. The molecule has 1 aliphatic heterocycles. The standard InChI is InChI=1S/C31H33N3O6/c1-36-31(35)25-17-33-34(29(25)32)30-28(39-20-24-15-9-4-10-16-24)27(38-19-23-13-7-3-8-14-23)26(40-30)21-37-18-22-11-5-2-6-12-22/h2-17,26-28,30H,18-21,32H2,1H3/t26-,27-,28+,30+/m1/s1. The number of hydrogen-bond acceptors (Lipinski definition) is 8. The Hall–Kier alpha value is -4.02. The first-order chi connectivity index (χ1) is 19.6. The van der Waals surface area contributed by atoms with E-state index >= 15 is 0 Å². The summed E-state index contributed by atoms with van der Waals surface area (Å²) in [5.41, 5.74) is 9.57. The van der Waals surface area contributed by atoms with E-state index in [1.807, 2.05) is 91.0 Å². The van der Waals surface area contributed by atoms with Crippen molar-refractivity contribution in [1.82, 2.24) is 9.78 Å². The molecule has 4 atom stereocenters. The van der Waals surface area contributed by atoms with Crippen molar-refractivity contribution in [3.05, 3.63) is 119 Å². The number of nitrogens with two attached hydrogens (primary N) is 1. The van der Waals surface area contributed by atoms with Gasteiger partial charge >= 0.3 is 5.97 Å². The van der Waals surface area contributed by atoms with Crippen LogP contribution in [0.2, 0.25) is 0 Å². The van der Waals surface area contributed by atoms with Gasteiger partial charge in [-0.05, 0) is 16.7 Å². The second kappa shape index (κ2) is 13.4. The Morgan fingerprint density at radius 1 is 0.825 bits per heavy atom. The van der Waals surface area contributed by atoms with Crippen LogP contribution in [0.15, 0.2) is 97.2 Å². The molecule has 2 heterocycles. The maximum absolute atomic E-state index is 12.2. The predicted octanol–water partition coefficient (Wildman–Crippen LogP) is 4.54. The quantitative estimate of drug-likeness (QED) is 0.260. The first-order valence-electron chi connectivity index (χ1n) is 13.1. The highest BCUT2D eigenvalue weighted by molar-refractivity contribution is 5.93. The summed E-state index contributed by atoms with van der Waals surface area (Å²) in [6, 6.07) is 29.7. The number of aromatic nitrogens is 2. The third-order valence-electron chi connectivity index (χ3n) is 6.73. The summed E-state index contributed by atoms with van der Waals surface area (Å²) >= 11 is 0. The highest BCUT2D eigenvalue weighted by atomic mass is 16.6. The molecule has 3 aromatic carbocycles. The van der Waals surface area contributed by atoms with Crippen LogP contribution in [0.1, 0.15) is 33.3 Å². The van der Waals surface area contributed by atoms with Gasteiger partial charge in [0.25, 0.3) is 0 Å². The SMILES string of the molecule is COC(=O)c1cnn([C@H]2O[C@H](COCc3ccccc3)[C@@H](OCc3ccccc3)[C@@H]2OCc2ccccc2)c1N. The number of carbonyl (C=O) groups is 1. The molecule has 9 nitrogen and oxygen atoms in total. The predicted molar refractivity (Wildman–Crippen MR) is 148 cm³/mol. The molecule has 0 saturated carbocycles. The zero-order chi connectivity index (χ0) is 27.7. The van der Waals surface area contributed by atoms with E-state index in [4.69, 9.17) is 29.4 Å². The van der Waals surface area contributed by atoms with Crippen molar-refractivity contribution in [3.8, 4) is 0 Å². The highest BCUT2D eigenvalue weighted by Gasteiger charge is 2.48. The van der Waals surface area contributed by atoms with Gasteiger partial charge < -0.3 is 29.4 Å². The van der Waals surface area contributed by atoms with Gasteiger partial charge in [-0.2, -0.15) is 5.10 Å². The van der Waals surface area contributed by atoms with Crippen LogP contribution >= 0.6 is 0 Å². The number of esters is 1. The second-order valence-electron chi connectivity index (χ2n) is 9.47. The van der Waals surface area contributed by atoms with Crippen LogP contribution in [-0.4, -0.2) is 47.8 Å². The number of nitrogen functional groups attached to an aromatic ring is 1. The number of nitrogens with zero attached hydrogens (tertiary/aromatic N) is 2. The molecule has 5 rings (SSSR count). The van der Waals surface area contributed by atoms with Crippen molar-refractivity contribution in [3.63, 3.8) is 0 Å². The number of ether oxygens (including phenoxy) is 5. The summed E-state index contributed by atoms with van der Waals surface area (Å²) in [5, 5.41) is 4.38. The van der Waals surface area contributed by atoms with Gasteiger partial charge in [0.05, 0.1) is 39.7 Å². The second-order valence-corrected chi connectivity index (χ2v) is 9.47. The maximum Gasteiger partial charge on any atom is 0.343 e. The fourth-order valence-corrected chi connectivity index (χ4v) is 4.66. The first-order valence-corrected chi connectivity index (χ1v) is 13.1. The summed E-state index contributed by atoms with van der Waals surface area (Å²) < 4.78 is 31.8. The van der Waals surface area contributed by atoms with E-state index in [0.717, 1.165) is 16.7 Å². The smallest absolute Gasteiger partial charge is 0.343 e. The molecule has 1 aromatic heterocycles. The third kappa shape index (κ3) is 6.57. The Labute approximate surface area is 233 Å². The minimum Gasteiger partial charge on any atom is -0.465 e. The Bertz CT molecular complexity index is 1350. The van der Waals surface area contributed by atoms with Crippen LogP contribution in [0, 0.1) is 0 Å². The number of methoxy groups -OCH3 is 1. The van der Waals surface area contributed by atoms with E-state index in [1.54, 1.807) is 0 Å². The maximum atomic E-state index is 12.2. The summed E-state index contributed by atoms with van der Waals surface area (Å²) in [6.45, 7) is 1.34. The van der Waals surface area contributed by atoms with Gasteiger partial charge in [-0.15, -0.1) is 0 Å². The van der Waals surface area contributed by atoms with Crippen LogP contribution in [0.5, 0.6) is 0 Å². The van der Waals surface area contributed by atoms with E-state index in [0.29, 0.717) is 19.8 Å². The highest BCUT2D eigenvalue weighted by Crippen LogP contribution is 2.37. The number of rotatable bonds is 12. The van der Waals surface area contributed by atoms with Crippen LogP contribution in [0.3, 0.4) is 0 Å². The Morgan fingerprint density at radius 2 is 1.35 bits per heavy atom. The number of anilines is 1. The lowest BCUT2D eigenvalue weighted by Gasteiger charge is -2.25. The van der Waals surface area contributed by atoms with Crippen LogP contribution < -0.4 is 5.73 Å². The van der Waals surface area contributed by atoms with Crippen molar-refractivity contribution in [1.29, 1.82) is 0 Å². The molecule has 1 fully saturated rings. The molecule has 1 saturated heterocycles. The van der Waals surface area contributed by atoms with Crippen molar-refractivity contribution >= 4 is 11.8 Å². The lowest BCUT2D eigenvalue weighted by Crippen LogP contribution is -2.38. The van der Waals surface area contributed by atoms with Crippen LogP contribution in [-0.2, 0) is 43.5 Å². The Balaban J connectivity index is 1.41. The molecule has 0 spiro atoms. The fourth-order valence-electron chi connectivity index (χ4n) is 4.66. The Kier molecular flexibility index (Phi) is 9.20. The molecule has 0 bridgehead atoms. The molecular formula is C31H33N3O6. The molecule has 0 aliphatic carbocycles. The number of carbonyl (C=O) groups excluding carboxylic acids is 1. The monoisotopic (exact) mass is 543 g/mol. The molecule has 0 radical (unpaired) electrons. The first kappa shape index (κ1) is 27.5. The van der Waals surface area contributed by atoms with Crippen LogP contribution in [0.4, 0.5) is 5.82 Å². The summed E-state index contributed by atoms with van der Waals surface area (Å²) in [7, 11) is 1.30. The molecule has 2 N–H and O–H groups in total. The van der Waals surface area contributed by atoms with Gasteiger partial charge in [0.2, 0.25) is 0 Å². The molecule has 0 amide bonds. The van der Waals surface area contributed by atoms with Crippen LogP contribution in [0.25, 0.3) is 0 Å². The number of hydrogen-bond donors (Lipinski definition) is 1. The van der Waals surface area contributed by atoms with E-state index in [1.165, 1.54) is 18.0 Å². The summed E-state index contributed by atoms with van der Waals surface area (Å²) in [6.07, 6.45) is -1.02. The summed E-state index contributed by atoms with van der Waals surface area (Å²) in [4.78, 5) is 12.2. The average molecular weight is 544 g/mol. The zero-order valence-electron chi connectivity index (χ0n) is 22.3. The molecule has 208 valence electrons. The van der Waals surface area contributed by atoms with E-state index in [9.17, 15) is 4.79 Å². The fraction of sp³-hybridized carbons (Fsp3) is 0.290. The number of benzene rings is 3. The largest absolute Gasteiger partial charge is 0.465 e. The molecule has 1 aliphatic rings. The molecular weight excluding hydrogens is 510 g/mol. The van der Waals surface area contributed by atoms with Crippen molar-refractivity contribution in [2.24, 2.45) is 0 Å². The van der Waals surface area contributed by atoms with E-state index < -0.39 is 30.5 Å². The van der Waals surface area contributed by atoms with Gasteiger partial charge in [0.1, 0.15) is 29.7 Å². The van der Waals surface area contributed by atoms with Crippen molar-refractivity contribution in [2.75, 3.05) is 19.5 Å². The van der Waals surface area contributed by atoms with Gasteiger partial charge in [-0.25, -0.2) is 9.48 Å². The topological polar surface area (TPSA) is 107 Å². The van der Waals surface area contributed by atoms with Gasteiger partial charge in [0.15, 0.2) is 6.23 Å². The molecule has 0 unspecified atom stereocenters. The van der Waals surface area contributed by atoms with E-state index in [-0.39, 0.29) is 18.0 Å². The van der Waals surface area contributed by atoms with Crippen molar-refractivity contribution < 1.29 is 28.5 Å².